The molecule has 0 saturated heterocycles. The third-order valence-electron chi connectivity index (χ3n) is 6.05. The molecule has 0 unspecified atom stereocenters. The predicted octanol–water partition coefficient (Wildman–Crippen LogP) is 6.17. The molecule has 1 heterocycles. The summed E-state index contributed by atoms with van der Waals surface area (Å²) in [6, 6.07) is 28.5. The van der Waals surface area contributed by atoms with Crippen LogP contribution >= 0.6 is 0 Å². The Balaban J connectivity index is 1.74. The smallest absolute Gasteiger partial charge is 0.207 e. The minimum atomic E-state index is -3.77. The van der Waals surface area contributed by atoms with Crippen molar-refractivity contribution in [3.8, 4) is 0 Å². The molecule has 31 heavy (non-hydrogen) atoms. The zero-order valence-corrected chi connectivity index (χ0v) is 18.1. The maximum Gasteiger partial charge on any atom is 0.244 e. The van der Waals surface area contributed by atoms with Crippen molar-refractivity contribution in [3.05, 3.63) is 126 Å². The average molecular weight is 426 g/mol. The summed E-state index contributed by atoms with van der Waals surface area (Å²) in [6.07, 6.45) is 1.73. The van der Waals surface area contributed by atoms with Crippen LogP contribution in [-0.4, -0.2) is 12.7 Å². The lowest BCUT2D eigenvalue weighted by Crippen LogP contribution is -2.33. The molecule has 3 nitrogen and oxygen atoms in total. The van der Waals surface area contributed by atoms with E-state index in [-0.39, 0.29) is 0 Å². The van der Waals surface area contributed by atoms with E-state index in [1.54, 1.807) is 22.5 Å². The molecule has 1 aliphatic heterocycles. The topological polar surface area (TPSA) is 37.4 Å². The molecule has 0 amide bonds. The first-order valence-corrected chi connectivity index (χ1v) is 11.7. The number of benzene rings is 4. The van der Waals surface area contributed by atoms with Gasteiger partial charge in [0.2, 0.25) is 10.0 Å². The molecule has 0 radical (unpaired) electrons. The van der Waals surface area contributed by atoms with Crippen LogP contribution in [-0.2, 0) is 10.0 Å². The quantitative estimate of drug-likeness (QED) is 0.367. The number of aryl methyl sites for hydroxylation is 1. The second-order valence-corrected chi connectivity index (χ2v) is 9.81. The minimum absolute atomic E-state index is 0.295. The molecule has 4 aromatic rings. The van der Waals surface area contributed by atoms with Gasteiger partial charge in [-0.3, -0.25) is 0 Å². The summed E-state index contributed by atoms with van der Waals surface area (Å²) in [5, 5.41) is 2.22. The number of rotatable bonds is 4. The molecule has 4 heteroatoms. The van der Waals surface area contributed by atoms with Crippen molar-refractivity contribution in [3.63, 3.8) is 0 Å². The van der Waals surface area contributed by atoms with Crippen molar-refractivity contribution in [1.82, 2.24) is 4.31 Å². The Morgan fingerprint density at radius 1 is 0.806 bits per heavy atom. The lowest BCUT2D eigenvalue weighted by molar-refractivity contribution is 0.354. The van der Waals surface area contributed by atoms with Gasteiger partial charge in [0.05, 0.1) is 17.0 Å². The normalized spacial score (nSPS) is 18.7. The molecular weight excluding hydrogens is 402 g/mol. The molecule has 0 fully saturated rings. The summed E-state index contributed by atoms with van der Waals surface area (Å²) in [6.45, 7) is 5.94. The van der Waals surface area contributed by atoms with Gasteiger partial charge in [0.15, 0.2) is 0 Å². The van der Waals surface area contributed by atoms with Crippen LogP contribution in [0.3, 0.4) is 0 Å². The maximum atomic E-state index is 13.9. The van der Waals surface area contributed by atoms with E-state index in [9.17, 15) is 8.42 Å². The number of fused-ring (bicyclic) bond motifs is 2. The van der Waals surface area contributed by atoms with Crippen LogP contribution in [0.1, 0.15) is 34.3 Å². The van der Waals surface area contributed by atoms with Crippen LogP contribution in [0.4, 0.5) is 0 Å². The Labute approximate surface area is 183 Å². The molecule has 0 spiro atoms. The van der Waals surface area contributed by atoms with Gasteiger partial charge in [-0.2, -0.15) is 4.31 Å². The van der Waals surface area contributed by atoms with E-state index >= 15 is 0 Å². The molecule has 0 aliphatic carbocycles. The Morgan fingerprint density at radius 2 is 1.45 bits per heavy atom. The first kappa shape index (κ1) is 19.7. The second-order valence-electron chi connectivity index (χ2n) is 7.97. The van der Waals surface area contributed by atoms with Gasteiger partial charge in [0, 0.05) is 0 Å². The highest BCUT2D eigenvalue weighted by Crippen LogP contribution is 2.49. The number of hydrogen-bond acceptors (Lipinski definition) is 2. The van der Waals surface area contributed by atoms with Gasteiger partial charge in [-0.1, -0.05) is 84.4 Å². The second kappa shape index (κ2) is 7.49. The molecule has 0 aromatic heterocycles. The van der Waals surface area contributed by atoms with Gasteiger partial charge in [-0.15, -0.1) is 6.58 Å². The fourth-order valence-corrected chi connectivity index (χ4v) is 6.25. The zero-order valence-electron chi connectivity index (χ0n) is 17.3. The van der Waals surface area contributed by atoms with Crippen molar-refractivity contribution < 1.29 is 8.42 Å². The van der Waals surface area contributed by atoms with Crippen LogP contribution in [0, 0.1) is 6.92 Å². The zero-order chi connectivity index (χ0) is 21.6. The lowest BCUT2D eigenvalue weighted by Gasteiger charge is -2.29. The largest absolute Gasteiger partial charge is 0.244 e. The summed E-state index contributed by atoms with van der Waals surface area (Å²) in [5.41, 5.74) is 3.95. The van der Waals surface area contributed by atoms with Crippen molar-refractivity contribution in [2.45, 2.75) is 23.9 Å². The number of hydrogen-bond donors (Lipinski definition) is 0. The maximum absolute atomic E-state index is 13.9. The van der Waals surface area contributed by atoms with Gasteiger partial charge < -0.3 is 0 Å². The van der Waals surface area contributed by atoms with Gasteiger partial charge in [0.1, 0.15) is 0 Å². The summed E-state index contributed by atoms with van der Waals surface area (Å²) in [4.78, 5) is 0.295. The van der Waals surface area contributed by atoms with E-state index in [0.29, 0.717) is 4.90 Å². The Hall–Kier alpha value is -3.21. The molecule has 0 saturated carbocycles. The lowest BCUT2D eigenvalue weighted by atomic mass is 9.95. The van der Waals surface area contributed by atoms with Crippen LogP contribution in [0.5, 0.6) is 0 Å². The predicted molar refractivity (Wildman–Crippen MR) is 125 cm³/mol. The first-order chi connectivity index (χ1) is 15.0. The molecule has 154 valence electrons. The Morgan fingerprint density at radius 3 is 2.16 bits per heavy atom. The number of sulfonamides is 1. The summed E-state index contributed by atoms with van der Waals surface area (Å²) in [7, 11) is -3.77. The van der Waals surface area contributed by atoms with E-state index in [1.807, 2.05) is 61.5 Å². The monoisotopic (exact) mass is 425 g/mol. The average Bonchev–Trinajstić information content (AvgIpc) is 3.14. The molecule has 1 aliphatic rings. The molecule has 2 atom stereocenters. The highest BCUT2D eigenvalue weighted by atomic mass is 32.2. The van der Waals surface area contributed by atoms with E-state index in [1.165, 1.54) is 0 Å². The fraction of sp³-hybridized carbons (Fsp3) is 0.111. The van der Waals surface area contributed by atoms with Gasteiger partial charge in [0.25, 0.3) is 0 Å². The molecule has 0 bridgehead atoms. The molecule has 0 N–H and O–H groups in total. The van der Waals surface area contributed by atoms with Crippen molar-refractivity contribution in [1.29, 1.82) is 0 Å². The summed E-state index contributed by atoms with van der Waals surface area (Å²) in [5.74, 6) is 0. The summed E-state index contributed by atoms with van der Waals surface area (Å²) >= 11 is 0. The van der Waals surface area contributed by atoms with Crippen molar-refractivity contribution in [2.24, 2.45) is 0 Å². The van der Waals surface area contributed by atoms with E-state index in [2.05, 4.69) is 30.8 Å². The third kappa shape index (κ3) is 3.19. The van der Waals surface area contributed by atoms with Crippen LogP contribution in [0.25, 0.3) is 10.8 Å². The fourth-order valence-electron chi connectivity index (χ4n) is 4.52. The third-order valence-corrected chi connectivity index (χ3v) is 7.91. The molecular formula is C27H23NO2S. The van der Waals surface area contributed by atoms with E-state index in [0.717, 1.165) is 33.0 Å². The van der Waals surface area contributed by atoms with Crippen LogP contribution in [0.15, 0.2) is 109 Å². The van der Waals surface area contributed by atoms with Gasteiger partial charge in [-0.25, -0.2) is 8.42 Å². The molecule has 4 aromatic carbocycles. The van der Waals surface area contributed by atoms with E-state index < -0.39 is 22.1 Å². The Bertz CT molecular complexity index is 1390. The summed E-state index contributed by atoms with van der Waals surface area (Å²) < 4.78 is 29.4. The SMILES string of the molecule is C=C[C@H]1c2ccccc2[C@@H](c2ccc3ccccc3c2)N1S(=O)(=O)c1ccc(C)cc1. The van der Waals surface area contributed by atoms with Crippen LogP contribution < -0.4 is 0 Å². The standard InChI is InChI=1S/C27H23NO2S/c1-3-26-24-10-6-7-11-25(24)27(22-15-14-20-8-4-5-9-21(20)18-22)28(26)31(29,30)23-16-12-19(2)13-17-23/h3-18,26-27H,1H2,2H3/t26-,27+/m0/s1. The van der Waals surface area contributed by atoms with Crippen molar-refractivity contribution >= 4 is 20.8 Å². The van der Waals surface area contributed by atoms with Gasteiger partial charge in [-0.05, 0) is 52.6 Å². The van der Waals surface area contributed by atoms with E-state index in [4.69, 9.17) is 0 Å². The van der Waals surface area contributed by atoms with Gasteiger partial charge >= 0.3 is 0 Å². The molecule has 5 rings (SSSR count). The first-order valence-electron chi connectivity index (χ1n) is 10.3. The number of nitrogens with zero attached hydrogens (tertiary/aromatic N) is 1. The minimum Gasteiger partial charge on any atom is -0.207 e. The highest BCUT2D eigenvalue weighted by Gasteiger charge is 2.45. The van der Waals surface area contributed by atoms with Crippen LogP contribution in [0.2, 0.25) is 0 Å². The highest BCUT2D eigenvalue weighted by molar-refractivity contribution is 7.89. The van der Waals surface area contributed by atoms with Crippen molar-refractivity contribution in [2.75, 3.05) is 0 Å². The Kier molecular flexibility index (Phi) is 4.77.